The fourth-order valence-electron chi connectivity index (χ4n) is 2.92. The first-order valence-electron chi connectivity index (χ1n) is 8.67. The van der Waals surface area contributed by atoms with Crippen molar-refractivity contribution in [2.45, 2.75) is 25.6 Å². The lowest BCUT2D eigenvalue weighted by Gasteiger charge is -2.10. The van der Waals surface area contributed by atoms with Crippen LogP contribution < -0.4 is 5.32 Å². The molecule has 1 amide bonds. The monoisotopic (exact) mass is 381 g/mol. The van der Waals surface area contributed by atoms with Gasteiger partial charge < -0.3 is 10.1 Å². The van der Waals surface area contributed by atoms with E-state index >= 15 is 0 Å². The number of amides is 1. The third kappa shape index (κ3) is 5.21. The zero-order valence-corrected chi connectivity index (χ0v) is 16.5. The molecule has 27 heavy (non-hydrogen) atoms. The summed E-state index contributed by atoms with van der Waals surface area (Å²) in [6.07, 6.45) is 3.68. The van der Waals surface area contributed by atoms with E-state index in [0.29, 0.717) is 6.61 Å². The molecule has 0 saturated carbocycles. The Balaban J connectivity index is 1.65. The Labute approximate surface area is 163 Å². The maximum Gasteiger partial charge on any atom is 0.234 e. The van der Waals surface area contributed by atoms with Crippen LogP contribution in [-0.2, 0) is 16.1 Å². The molecule has 2 aromatic carbocycles. The molecule has 1 N–H and O–H groups in total. The number of carbonyl (C=O) groups excluding carboxylic acids is 1. The van der Waals surface area contributed by atoms with E-state index in [2.05, 4.69) is 42.3 Å². The summed E-state index contributed by atoms with van der Waals surface area (Å²) in [6, 6.07) is 14.0. The molecular formula is C21H23N3O2S. The van der Waals surface area contributed by atoms with Gasteiger partial charge in [0.05, 0.1) is 12.4 Å². The van der Waals surface area contributed by atoms with Crippen molar-refractivity contribution in [3.8, 4) is 5.69 Å². The van der Waals surface area contributed by atoms with Crippen LogP contribution in [0.2, 0.25) is 0 Å². The van der Waals surface area contributed by atoms with Gasteiger partial charge in [0.2, 0.25) is 5.91 Å². The normalized spacial score (nSPS) is 10.8. The highest BCUT2D eigenvalue weighted by molar-refractivity contribution is 7.99. The van der Waals surface area contributed by atoms with Crippen molar-refractivity contribution < 1.29 is 9.53 Å². The molecule has 0 saturated heterocycles. The molecule has 1 aromatic heterocycles. The molecule has 0 radical (unpaired) electrons. The first-order chi connectivity index (χ1) is 13.0. The predicted molar refractivity (Wildman–Crippen MR) is 110 cm³/mol. The smallest absolute Gasteiger partial charge is 0.234 e. The van der Waals surface area contributed by atoms with Gasteiger partial charge in [-0.25, -0.2) is 4.98 Å². The van der Waals surface area contributed by atoms with Gasteiger partial charge in [0.25, 0.3) is 0 Å². The fourth-order valence-corrected chi connectivity index (χ4v) is 3.69. The molecule has 0 aliphatic rings. The average molecular weight is 382 g/mol. The van der Waals surface area contributed by atoms with E-state index in [1.54, 1.807) is 13.3 Å². The number of aromatic nitrogens is 2. The van der Waals surface area contributed by atoms with E-state index in [9.17, 15) is 4.79 Å². The van der Waals surface area contributed by atoms with Crippen molar-refractivity contribution in [3.63, 3.8) is 0 Å². The lowest BCUT2D eigenvalue weighted by Crippen LogP contribution is -2.14. The Morgan fingerprint density at radius 1 is 1.19 bits per heavy atom. The summed E-state index contributed by atoms with van der Waals surface area (Å²) in [5.74, 6) is 0.223. The molecule has 6 heteroatoms. The van der Waals surface area contributed by atoms with Gasteiger partial charge in [-0.05, 0) is 54.8 Å². The molecular weight excluding hydrogens is 358 g/mol. The summed E-state index contributed by atoms with van der Waals surface area (Å²) in [7, 11) is 1.65. The van der Waals surface area contributed by atoms with Gasteiger partial charge >= 0.3 is 0 Å². The van der Waals surface area contributed by atoms with E-state index in [1.165, 1.54) is 22.9 Å². The van der Waals surface area contributed by atoms with Crippen LogP contribution in [-0.4, -0.2) is 28.3 Å². The molecule has 0 bridgehead atoms. The summed E-state index contributed by atoms with van der Waals surface area (Å²) in [6.45, 7) is 4.67. The van der Waals surface area contributed by atoms with Crippen molar-refractivity contribution in [2.24, 2.45) is 0 Å². The summed E-state index contributed by atoms with van der Waals surface area (Å²) < 4.78 is 7.14. The molecule has 5 nitrogen and oxygen atoms in total. The minimum atomic E-state index is -0.0652. The zero-order valence-electron chi connectivity index (χ0n) is 15.7. The highest BCUT2D eigenvalue weighted by atomic mass is 32.2. The van der Waals surface area contributed by atoms with Crippen LogP contribution >= 0.6 is 11.8 Å². The first-order valence-corrected chi connectivity index (χ1v) is 9.66. The third-order valence-electron chi connectivity index (χ3n) is 3.95. The van der Waals surface area contributed by atoms with E-state index < -0.39 is 0 Å². The Kier molecular flexibility index (Phi) is 6.32. The number of hydrogen-bond donors (Lipinski definition) is 1. The van der Waals surface area contributed by atoms with Gasteiger partial charge in [-0.3, -0.25) is 9.36 Å². The van der Waals surface area contributed by atoms with Gasteiger partial charge in [0.1, 0.15) is 0 Å². The number of hydrogen-bond acceptors (Lipinski definition) is 4. The van der Waals surface area contributed by atoms with Gasteiger partial charge in [0, 0.05) is 30.9 Å². The summed E-state index contributed by atoms with van der Waals surface area (Å²) in [5.41, 5.74) is 5.24. The van der Waals surface area contributed by atoms with Crippen LogP contribution in [0.5, 0.6) is 0 Å². The number of methoxy groups -OCH3 is 1. The molecule has 3 rings (SSSR count). The van der Waals surface area contributed by atoms with Crippen LogP contribution in [0.4, 0.5) is 5.69 Å². The number of carbonyl (C=O) groups is 1. The number of rotatable bonds is 7. The lowest BCUT2D eigenvalue weighted by atomic mass is 10.1. The summed E-state index contributed by atoms with van der Waals surface area (Å²) in [5, 5.41) is 3.72. The number of anilines is 1. The molecule has 0 fully saturated rings. The quantitative estimate of drug-likeness (QED) is 0.618. The van der Waals surface area contributed by atoms with Crippen LogP contribution in [0.3, 0.4) is 0 Å². The topological polar surface area (TPSA) is 56.1 Å². The van der Waals surface area contributed by atoms with Crippen molar-refractivity contribution >= 4 is 23.4 Å². The number of nitrogens with one attached hydrogen (secondary N) is 1. The number of aryl methyl sites for hydroxylation is 2. The highest BCUT2D eigenvalue weighted by Crippen LogP contribution is 2.22. The number of imidazole rings is 1. The third-order valence-corrected chi connectivity index (χ3v) is 4.91. The molecule has 1 heterocycles. The second-order valence-electron chi connectivity index (χ2n) is 6.40. The molecule has 140 valence electrons. The molecule has 3 aromatic rings. The number of nitrogens with zero attached hydrogens (tertiary/aromatic N) is 2. The second kappa shape index (κ2) is 8.88. The van der Waals surface area contributed by atoms with E-state index in [4.69, 9.17) is 4.74 Å². The zero-order chi connectivity index (χ0) is 19.2. The Bertz CT molecular complexity index is 916. The van der Waals surface area contributed by atoms with Crippen molar-refractivity contribution in [1.82, 2.24) is 9.55 Å². The van der Waals surface area contributed by atoms with Crippen LogP contribution in [0, 0.1) is 13.8 Å². The molecule has 0 aliphatic carbocycles. The Hall–Kier alpha value is -2.57. The standard InChI is InChI=1S/C21H23N3O2S/c1-15-9-16(2)11-19(10-15)24-8-7-22-21(24)27-14-20(25)23-18-6-4-5-17(12-18)13-26-3/h4-12H,13-14H2,1-3H3,(H,23,25). The van der Waals surface area contributed by atoms with Crippen molar-refractivity contribution in [2.75, 3.05) is 18.2 Å². The predicted octanol–water partition coefficient (Wildman–Crippen LogP) is 4.37. The lowest BCUT2D eigenvalue weighted by molar-refractivity contribution is -0.113. The second-order valence-corrected chi connectivity index (χ2v) is 7.34. The van der Waals surface area contributed by atoms with Gasteiger partial charge in [-0.2, -0.15) is 0 Å². The Morgan fingerprint density at radius 3 is 2.70 bits per heavy atom. The molecule has 0 atom stereocenters. The molecule has 0 unspecified atom stereocenters. The minimum Gasteiger partial charge on any atom is -0.380 e. The van der Waals surface area contributed by atoms with Gasteiger partial charge in [0.15, 0.2) is 5.16 Å². The number of benzene rings is 2. The molecule has 0 aliphatic heterocycles. The van der Waals surface area contributed by atoms with E-state index in [-0.39, 0.29) is 11.7 Å². The van der Waals surface area contributed by atoms with Crippen LogP contribution in [0.1, 0.15) is 16.7 Å². The summed E-state index contributed by atoms with van der Waals surface area (Å²) in [4.78, 5) is 16.7. The van der Waals surface area contributed by atoms with Crippen LogP contribution in [0.25, 0.3) is 5.69 Å². The maximum atomic E-state index is 12.3. The van der Waals surface area contributed by atoms with Crippen molar-refractivity contribution in [1.29, 1.82) is 0 Å². The number of thioether (sulfide) groups is 1. The van der Waals surface area contributed by atoms with E-state index in [0.717, 1.165) is 22.1 Å². The SMILES string of the molecule is COCc1cccc(NC(=O)CSc2nccn2-c2cc(C)cc(C)c2)c1. The van der Waals surface area contributed by atoms with Crippen molar-refractivity contribution in [3.05, 3.63) is 71.5 Å². The largest absolute Gasteiger partial charge is 0.380 e. The Morgan fingerprint density at radius 2 is 1.96 bits per heavy atom. The molecule has 0 spiro atoms. The summed E-state index contributed by atoms with van der Waals surface area (Å²) >= 11 is 1.42. The van der Waals surface area contributed by atoms with E-state index in [1.807, 2.05) is 35.0 Å². The fraction of sp³-hybridized carbons (Fsp3) is 0.238. The van der Waals surface area contributed by atoms with Gasteiger partial charge in [-0.1, -0.05) is 30.0 Å². The highest BCUT2D eigenvalue weighted by Gasteiger charge is 2.10. The average Bonchev–Trinajstić information content (AvgIpc) is 3.08. The van der Waals surface area contributed by atoms with Crippen LogP contribution in [0.15, 0.2) is 60.0 Å². The van der Waals surface area contributed by atoms with Gasteiger partial charge in [-0.15, -0.1) is 0 Å². The number of ether oxygens (including phenoxy) is 1. The maximum absolute atomic E-state index is 12.3. The first kappa shape index (κ1) is 19.2. The minimum absolute atomic E-state index is 0.0652.